The molecule has 0 saturated carbocycles. The largest absolute Gasteiger partial charge is 0.493 e. The van der Waals surface area contributed by atoms with Crippen LogP contribution in [0.25, 0.3) is 0 Å². The molecular formula is C20H24N2O6S2. The SMILES string of the molecule is CCS(=O)(=O)c1ccc(C(OC)C(=O)NC2Nc3cc(OC)c(OC)cc3S2)cc1. The highest BCUT2D eigenvalue weighted by molar-refractivity contribution is 8.00. The van der Waals surface area contributed by atoms with Gasteiger partial charge in [-0.2, -0.15) is 0 Å². The molecule has 2 N–H and O–H groups in total. The molecule has 30 heavy (non-hydrogen) atoms. The van der Waals surface area contributed by atoms with Crippen LogP contribution in [-0.4, -0.2) is 46.9 Å². The standard InChI is InChI=1S/C20H24N2O6S2/c1-5-30(24,25)13-8-6-12(7-9-13)18(28-4)19(23)22-20-21-14-10-15(26-2)16(27-3)11-17(14)29-20/h6-11,18,20-21H,5H2,1-4H3,(H,22,23). The summed E-state index contributed by atoms with van der Waals surface area (Å²) in [7, 11) is 1.26. The summed E-state index contributed by atoms with van der Waals surface area (Å²) in [5.74, 6) is 0.865. The van der Waals surface area contributed by atoms with Gasteiger partial charge in [-0.1, -0.05) is 30.8 Å². The molecule has 3 rings (SSSR count). The Bertz CT molecular complexity index is 991. The van der Waals surface area contributed by atoms with E-state index < -0.39 is 21.4 Å². The molecule has 1 aliphatic rings. The van der Waals surface area contributed by atoms with Crippen LogP contribution >= 0.6 is 11.8 Å². The zero-order chi connectivity index (χ0) is 21.9. The van der Waals surface area contributed by atoms with Crippen LogP contribution in [0.3, 0.4) is 0 Å². The Morgan fingerprint density at radius 2 is 1.77 bits per heavy atom. The first kappa shape index (κ1) is 22.3. The number of hydrogen-bond donors (Lipinski definition) is 2. The van der Waals surface area contributed by atoms with Gasteiger partial charge in [0.1, 0.15) is 0 Å². The zero-order valence-corrected chi connectivity index (χ0v) is 18.7. The van der Waals surface area contributed by atoms with Crippen LogP contribution < -0.4 is 20.1 Å². The predicted molar refractivity (Wildman–Crippen MR) is 115 cm³/mol. The van der Waals surface area contributed by atoms with Crippen molar-refractivity contribution in [3.05, 3.63) is 42.0 Å². The summed E-state index contributed by atoms with van der Waals surface area (Å²) < 4.78 is 39.9. The number of ether oxygens (including phenoxy) is 3. The number of sulfone groups is 1. The fourth-order valence-electron chi connectivity index (χ4n) is 3.05. The smallest absolute Gasteiger partial charge is 0.255 e. The van der Waals surface area contributed by atoms with Gasteiger partial charge in [0.2, 0.25) is 0 Å². The Balaban J connectivity index is 1.71. The molecule has 2 unspecified atom stereocenters. The van der Waals surface area contributed by atoms with Crippen molar-refractivity contribution >= 4 is 33.2 Å². The van der Waals surface area contributed by atoms with Crippen molar-refractivity contribution in [3.63, 3.8) is 0 Å². The third-order valence-electron chi connectivity index (χ3n) is 4.69. The van der Waals surface area contributed by atoms with E-state index in [2.05, 4.69) is 10.6 Å². The van der Waals surface area contributed by atoms with Crippen LogP contribution in [0.1, 0.15) is 18.6 Å². The van der Waals surface area contributed by atoms with E-state index in [-0.39, 0.29) is 16.6 Å². The Morgan fingerprint density at radius 1 is 1.13 bits per heavy atom. The van der Waals surface area contributed by atoms with Gasteiger partial charge in [-0.3, -0.25) is 4.79 Å². The summed E-state index contributed by atoms with van der Waals surface area (Å²) in [4.78, 5) is 13.9. The van der Waals surface area contributed by atoms with Crippen molar-refractivity contribution in [1.82, 2.24) is 5.32 Å². The van der Waals surface area contributed by atoms with E-state index in [1.54, 1.807) is 33.3 Å². The second kappa shape index (κ2) is 9.15. The topological polar surface area (TPSA) is 103 Å². The average Bonchev–Trinajstić information content (AvgIpc) is 3.14. The Kier molecular flexibility index (Phi) is 6.79. The molecule has 0 saturated heterocycles. The highest BCUT2D eigenvalue weighted by atomic mass is 32.2. The maximum Gasteiger partial charge on any atom is 0.255 e. The molecule has 0 aromatic heterocycles. The fourth-order valence-corrected chi connectivity index (χ4v) is 4.97. The van der Waals surface area contributed by atoms with Gasteiger partial charge in [-0.25, -0.2) is 8.42 Å². The first-order valence-electron chi connectivity index (χ1n) is 9.18. The number of anilines is 1. The van der Waals surface area contributed by atoms with Crippen molar-refractivity contribution in [1.29, 1.82) is 0 Å². The molecule has 0 bridgehead atoms. The molecule has 1 heterocycles. The number of nitrogens with one attached hydrogen (secondary N) is 2. The lowest BCUT2D eigenvalue weighted by molar-refractivity contribution is -0.131. The van der Waals surface area contributed by atoms with Gasteiger partial charge in [0.05, 0.1) is 30.6 Å². The van der Waals surface area contributed by atoms with Crippen molar-refractivity contribution in [3.8, 4) is 11.5 Å². The predicted octanol–water partition coefficient (Wildman–Crippen LogP) is 2.80. The molecule has 8 nitrogen and oxygen atoms in total. The van der Waals surface area contributed by atoms with Gasteiger partial charge in [0, 0.05) is 18.1 Å². The minimum atomic E-state index is -3.30. The lowest BCUT2D eigenvalue weighted by Gasteiger charge is -2.19. The Morgan fingerprint density at radius 3 is 2.33 bits per heavy atom. The number of carbonyl (C=O) groups excluding carboxylic acids is 1. The lowest BCUT2D eigenvalue weighted by Crippen LogP contribution is -2.39. The van der Waals surface area contributed by atoms with Gasteiger partial charge >= 0.3 is 0 Å². The van der Waals surface area contributed by atoms with Crippen molar-refractivity contribution < 1.29 is 27.4 Å². The van der Waals surface area contributed by atoms with Crippen molar-refractivity contribution in [2.24, 2.45) is 0 Å². The number of hydrogen-bond acceptors (Lipinski definition) is 8. The van der Waals surface area contributed by atoms with E-state index in [1.807, 2.05) is 12.1 Å². The second-order valence-corrected chi connectivity index (χ2v) is 9.87. The van der Waals surface area contributed by atoms with E-state index in [4.69, 9.17) is 14.2 Å². The molecule has 0 radical (unpaired) electrons. The summed E-state index contributed by atoms with van der Waals surface area (Å²) in [5.41, 5.74) is 0.988. The van der Waals surface area contributed by atoms with Gasteiger partial charge in [-0.05, 0) is 23.8 Å². The highest BCUT2D eigenvalue weighted by Crippen LogP contribution is 2.44. The number of benzene rings is 2. The number of thioether (sulfide) groups is 1. The highest BCUT2D eigenvalue weighted by Gasteiger charge is 2.29. The van der Waals surface area contributed by atoms with E-state index in [0.717, 1.165) is 10.6 Å². The molecule has 1 amide bonds. The Labute approximate surface area is 180 Å². The third-order valence-corrected chi connectivity index (χ3v) is 7.50. The van der Waals surface area contributed by atoms with E-state index >= 15 is 0 Å². The zero-order valence-electron chi connectivity index (χ0n) is 17.1. The monoisotopic (exact) mass is 452 g/mol. The summed E-state index contributed by atoms with van der Waals surface area (Å²) in [6.07, 6.45) is -0.876. The van der Waals surface area contributed by atoms with Gasteiger partial charge in [-0.15, -0.1) is 0 Å². The summed E-state index contributed by atoms with van der Waals surface area (Å²) >= 11 is 1.43. The van der Waals surface area contributed by atoms with Crippen LogP contribution in [-0.2, 0) is 19.4 Å². The van der Waals surface area contributed by atoms with Crippen LogP contribution in [0.15, 0.2) is 46.2 Å². The molecular weight excluding hydrogens is 428 g/mol. The first-order valence-corrected chi connectivity index (χ1v) is 11.7. The summed E-state index contributed by atoms with van der Waals surface area (Å²) in [6, 6.07) is 9.83. The van der Waals surface area contributed by atoms with Crippen molar-refractivity contribution in [2.45, 2.75) is 28.3 Å². The van der Waals surface area contributed by atoms with Gasteiger partial charge in [0.25, 0.3) is 5.91 Å². The molecule has 10 heteroatoms. The van der Waals surface area contributed by atoms with Crippen molar-refractivity contribution in [2.75, 3.05) is 32.4 Å². The average molecular weight is 453 g/mol. The number of methoxy groups -OCH3 is 3. The van der Waals surface area contributed by atoms with Crippen LogP contribution in [0.2, 0.25) is 0 Å². The normalized spacial score (nSPS) is 16.3. The van der Waals surface area contributed by atoms with E-state index in [0.29, 0.717) is 17.1 Å². The lowest BCUT2D eigenvalue weighted by atomic mass is 10.1. The maximum absolute atomic E-state index is 12.8. The summed E-state index contributed by atoms with van der Waals surface area (Å²) in [5, 5.41) is 6.11. The molecule has 1 aliphatic heterocycles. The minimum absolute atomic E-state index is 0.0151. The summed E-state index contributed by atoms with van der Waals surface area (Å²) in [6.45, 7) is 1.59. The molecule has 162 valence electrons. The van der Waals surface area contributed by atoms with Crippen LogP contribution in [0.5, 0.6) is 11.5 Å². The Hall–Kier alpha value is -2.43. The second-order valence-electron chi connectivity index (χ2n) is 6.44. The quantitative estimate of drug-likeness (QED) is 0.630. The maximum atomic E-state index is 12.8. The fraction of sp³-hybridized carbons (Fsp3) is 0.350. The number of amides is 1. The molecule has 2 atom stereocenters. The number of fused-ring (bicyclic) bond motifs is 1. The molecule has 2 aromatic carbocycles. The molecule has 2 aromatic rings. The molecule has 0 fully saturated rings. The molecule has 0 aliphatic carbocycles. The minimum Gasteiger partial charge on any atom is -0.493 e. The molecule has 0 spiro atoms. The number of carbonyl (C=O) groups is 1. The third kappa shape index (κ3) is 4.50. The van der Waals surface area contributed by atoms with Gasteiger partial charge < -0.3 is 24.8 Å². The van der Waals surface area contributed by atoms with Crippen LogP contribution in [0.4, 0.5) is 5.69 Å². The van der Waals surface area contributed by atoms with Gasteiger partial charge in [0.15, 0.2) is 32.9 Å². The van der Waals surface area contributed by atoms with Crippen LogP contribution in [0, 0.1) is 0 Å². The first-order chi connectivity index (χ1) is 14.3. The van der Waals surface area contributed by atoms with E-state index in [1.165, 1.54) is 31.0 Å². The number of rotatable bonds is 8. The van der Waals surface area contributed by atoms with E-state index in [9.17, 15) is 13.2 Å².